The van der Waals surface area contributed by atoms with E-state index in [1.165, 1.54) is 44.8 Å². The molecular weight excluding hydrogens is 371 g/mol. The van der Waals surface area contributed by atoms with Gasteiger partial charge in [-0.15, -0.1) is 11.3 Å². The van der Waals surface area contributed by atoms with E-state index in [0.29, 0.717) is 33.5 Å². The van der Waals surface area contributed by atoms with E-state index in [4.69, 9.17) is 14.2 Å². The first-order valence-electron chi connectivity index (χ1n) is 7.88. The van der Waals surface area contributed by atoms with Crippen molar-refractivity contribution in [2.24, 2.45) is 0 Å². The third-order valence-corrected chi connectivity index (χ3v) is 4.58. The average molecular weight is 388 g/mol. The van der Waals surface area contributed by atoms with Crippen LogP contribution in [0.25, 0.3) is 11.3 Å². The van der Waals surface area contributed by atoms with Crippen LogP contribution >= 0.6 is 11.3 Å². The van der Waals surface area contributed by atoms with Gasteiger partial charge in [-0.2, -0.15) is 0 Å². The molecule has 6 nitrogen and oxygen atoms in total. The minimum absolute atomic E-state index is 0.163. The molecule has 0 radical (unpaired) electrons. The summed E-state index contributed by atoms with van der Waals surface area (Å²) in [4.78, 5) is 16.8. The highest BCUT2D eigenvalue weighted by molar-refractivity contribution is 7.14. The monoisotopic (exact) mass is 388 g/mol. The zero-order valence-corrected chi connectivity index (χ0v) is 15.7. The molecule has 0 saturated carbocycles. The molecule has 0 atom stereocenters. The first-order chi connectivity index (χ1) is 13.0. The standard InChI is InChI=1S/C19H17FN2O4S/c1-24-15-6-4-11(8-13(15)20)14-10-27-19(21-14)22-18(23)12-5-7-16(25-2)17(9-12)26-3/h4-10H,1-3H3,(H,21,22,23). The highest BCUT2D eigenvalue weighted by Gasteiger charge is 2.14. The van der Waals surface area contributed by atoms with E-state index in [0.717, 1.165) is 0 Å². The summed E-state index contributed by atoms with van der Waals surface area (Å²) in [5.41, 5.74) is 1.56. The highest BCUT2D eigenvalue weighted by Crippen LogP contribution is 2.30. The predicted molar refractivity (Wildman–Crippen MR) is 102 cm³/mol. The van der Waals surface area contributed by atoms with Gasteiger partial charge < -0.3 is 14.2 Å². The largest absolute Gasteiger partial charge is 0.494 e. The van der Waals surface area contributed by atoms with Crippen molar-refractivity contribution in [3.05, 3.63) is 53.2 Å². The maximum Gasteiger partial charge on any atom is 0.257 e. The molecule has 0 unspecified atom stereocenters. The Morgan fingerprint density at radius 1 is 1.00 bits per heavy atom. The first-order valence-corrected chi connectivity index (χ1v) is 8.76. The van der Waals surface area contributed by atoms with Crippen LogP contribution in [0, 0.1) is 5.82 Å². The second-order valence-electron chi connectivity index (χ2n) is 5.41. The Morgan fingerprint density at radius 2 is 1.70 bits per heavy atom. The fourth-order valence-corrected chi connectivity index (χ4v) is 3.15. The molecule has 0 bridgehead atoms. The van der Waals surface area contributed by atoms with Crippen LogP contribution in [-0.4, -0.2) is 32.2 Å². The van der Waals surface area contributed by atoms with E-state index >= 15 is 0 Å². The van der Waals surface area contributed by atoms with Crippen molar-refractivity contribution in [3.8, 4) is 28.5 Å². The number of halogens is 1. The number of amides is 1. The maximum absolute atomic E-state index is 13.9. The molecule has 0 aliphatic rings. The number of thiazole rings is 1. The van der Waals surface area contributed by atoms with E-state index in [9.17, 15) is 9.18 Å². The van der Waals surface area contributed by atoms with E-state index in [1.807, 2.05) is 0 Å². The lowest BCUT2D eigenvalue weighted by molar-refractivity contribution is 0.102. The van der Waals surface area contributed by atoms with Gasteiger partial charge in [0, 0.05) is 16.5 Å². The van der Waals surface area contributed by atoms with E-state index in [2.05, 4.69) is 10.3 Å². The van der Waals surface area contributed by atoms with Crippen LogP contribution in [0.4, 0.5) is 9.52 Å². The van der Waals surface area contributed by atoms with Crippen molar-refractivity contribution < 1.29 is 23.4 Å². The smallest absolute Gasteiger partial charge is 0.257 e. The van der Waals surface area contributed by atoms with Crippen molar-refractivity contribution in [2.75, 3.05) is 26.6 Å². The van der Waals surface area contributed by atoms with Gasteiger partial charge in [0.15, 0.2) is 28.2 Å². The van der Waals surface area contributed by atoms with Crippen LogP contribution in [0.15, 0.2) is 41.8 Å². The van der Waals surface area contributed by atoms with E-state index in [1.54, 1.807) is 29.6 Å². The SMILES string of the molecule is COc1ccc(-c2csc(NC(=O)c3ccc(OC)c(OC)c3)n2)cc1F. The second-order valence-corrected chi connectivity index (χ2v) is 6.27. The van der Waals surface area contributed by atoms with Gasteiger partial charge in [0.1, 0.15) is 0 Å². The lowest BCUT2D eigenvalue weighted by Crippen LogP contribution is -2.12. The third-order valence-electron chi connectivity index (χ3n) is 3.82. The van der Waals surface area contributed by atoms with Gasteiger partial charge in [0.05, 0.1) is 27.0 Å². The average Bonchev–Trinajstić information content (AvgIpc) is 3.15. The number of anilines is 1. The number of hydrogen-bond acceptors (Lipinski definition) is 6. The lowest BCUT2D eigenvalue weighted by Gasteiger charge is -2.09. The molecule has 0 aliphatic heterocycles. The number of nitrogens with zero attached hydrogens (tertiary/aromatic N) is 1. The molecule has 0 spiro atoms. The van der Waals surface area contributed by atoms with Crippen molar-refractivity contribution in [1.82, 2.24) is 4.98 Å². The van der Waals surface area contributed by atoms with Crippen LogP contribution in [0.2, 0.25) is 0 Å². The Morgan fingerprint density at radius 3 is 2.37 bits per heavy atom. The molecule has 8 heteroatoms. The van der Waals surface area contributed by atoms with Gasteiger partial charge in [-0.1, -0.05) is 0 Å². The van der Waals surface area contributed by atoms with E-state index < -0.39 is 5.82 Å². The van der Waals surface area contributed by atoms with Gasteiger partial charge in [0.2, 0.25) is 0 Å². The molecule has 1 N–H and O–H groups in total. The Bertz CT molecular complexity index is 974. The predicted octanol–water partition coefficient (Wildman–Crippen LogP) is 4.23. The van der Waals surface area contributed by atoms with Gasteiger partial charge in [-0.3, -0.25) is 10.1 Å². The number of methoxy groups -OCH3 is 3. The number of ether oxygens (including phenoxy) is 3. The van der Waals surface area contributed by atoms with Gasteiger partial charge in [0.25, 0.3) is 5.91 Å². The molecule has 0 fully saturated rings. The number of hydrogen-bond donors (Lipinski definition) is 1. The summed E-state index contributed by atoms with van der Waals surface area (Å²) in [6.45, 7) is 0. The maximum atomic E-state index is 13.9. The Kier molecular flexibility index (Phi) is 5.56. The topological polar surface area (TPSA) is 69.7 Å². The number of nitrogens with one attached hydrogen (secondary N) is 1. The molecule has 1 amide bonds. The fourth-order valence-electron chi connectivity index (χ4n) is 2.44. The van der Waals surface area contributed by atoms with Crippen molar-refractivity contribution in [3.63, 3.8) is 0 Å². The van der Waals surface area contributed by atoms with Crippen LogP contribution in [0.1, 0.15) is 10.4 Å². The molecule has 0 saturated heterocycles. The van der Waals surface area contributed by atoms with Gasteiger partial charge >= 0.3 is 0 Å². The fraction of sp³-hybridized carbons (Fsp3) is 0.158. The third kappa shape index (κ3) is 4.01. The highest BCUT2D eigenvalue weighted by atomic mass is 32.1. The van der Waals surface area contributed by atoms with Crippen molar-refractivity contribution >= 4 is 22.4 Å². The Hall–Kier alpha value is -3.13. The van der Waals surface area contributed by atoms with Gasteiger partial charge in [-0.05, 0) is 36.4 Å². The molecular formula is C19H17FN2O4S. The number of benzene rings is 2. The number of rotatable bonds is 6. The van der Waals surface area contributed by atoms with Crippen molar-refractivity contribution in [2.45, 2.75) is 0 Å². The Balaban J connectivity index is 1.77. The minimum Gasteiger partial charge on any atom is -0.494 e. The quantitative estimate of drug-likeness (QED) is 0.684. The minimum atomic E-state index is -0.473. The Labute approximate surface area is 159 Å². The normalized spacial score (nSPS) is 10.4. The number of carbonyl (C=O) groups excluding carboxylic acids is 1. The summed E-state index contributed by atoms with van der Waals surface area (Å²) >= 11 is 1.25. The summed E-state index contributed by atoms with van der Waals surface area (Å²) in [6.07, 6.45) is 0. The van der Waals surface area contributed by atoms with Crippen LogP contribution < -0.4 is 19.5 Å². The molecule has 3 rings (SSSR count). The van der Waals surface area contributed by atoms with Gasteiger partial charge in [-0.25, -0.2) is 9.37 Å². The molecule has 2 aromatic carbocycles. The molecule has 27 heavy (non-hydrogen) atoms. The van der Waals surface area contributed by atoms with Crippen LogP contribution in [0.3, 0.4) is 0 Å². The second kappa shape index (κ2) is 8.05. The summed E-state index contributed by atoms with van der Waals surface area (Å²) in [7, 11) is 4.43. The summed E-state index contributed by atoms with van der Waals surface area (Å²) in [5.74, 6) is 0.346. The number of aromatic nitrogens is 1. The molecule has 1 heterocycles. The molecule has 140 valence electrons. The summed E-state index contributed by atoms with van der Waals surface area (Å²) < 4.78 is 29.1. The first kappa shape index (κ1) is 18.7. The molecule has 0 aliphatic carbocycles. The zero-order valence-electron chi connectivity index (χ0n) is 14.9. The summed E-state index contributed by atoms with van der Waals surface area (Å²) in [5, 5.41) is 4.87. The lowest BCUT2D eigenvalue weighted by atomic mass is 10.1. The number of carbonyl (C=O) groups is 1. The molecule has 3 aromatic rings. The van der Waals surface area contributed by atoms with E-state index in [-0.39, 0.29) is 11.7 Å². The van der Waals surface area contributed by atoms with Crippen LogP contribution in [-0.2, 0) is 0 Å². The molecule has 1 aromatic heterocycles. The summed E-state index contributed by atoms with van der Waals surface area (Å²) in [6, 6.07) is 9.45. The van der Waals surface area contributed by atoms with Crippen molar-refractivity contribution in [1.29, 1.82) is 0 Å². The van der Waals surface area contributed by atoms with Crippen LogP contribution in [0.5, 0.6) is 17.2 Å². The zero-order chi connectivity index (χ0) is 19.4.